The lowest BCUT2D eigenvalue weighted by Crippen LogP contribution is -2.49. The van der Waals surface area contributed by atoms with Crippen LogP contribution in [0.2, 0.25) is 0 Å². The Balaban J connectivity index is 1.17. The number of carbonyl (C=O) groups excluding carboxylic acids is 1. The molecule has 0 spiro atoms. The summed E-state index contributed by atoms with van der Waals surface area (Å²) in [4.78, 5) is 21.0. The zero-order valence-electron chi connectivity index (χ0n) is 23.0. The van der Waals surface area contributed by atoms with Gasteiger partial charge in [0.25, 0.3) is 0 Å². The van der Waals surface area contributed by atoms with Crippen LogP contribution in [0.5, 0.6) is 0 Å². The topological polar surface area (TPSA) is 74.9 Å². The molecule has 0 aliphatic carbocycles. The summed E-state index contributed by atoms with van der Waals surface area (Å²) in [6, 6.07) is 12.6. The van der Waals surface area contributed by atoms with E-state index in [-0.39, 0.29) is 5.91 Å². The minimum atomic E-state index is 0.225. The van der Waals surface area contributed by atoms with Gasteiger partial charge in [0.05, 0.1) is 41.6 Å². The molecular weight excluding hydrogens is 542 g/mol. The number of thiophene rings is 1. The molecular formula is C30H35N5O3S2. The molecule has 5 heterocycles. The number of aryl methyl sites for hydroxylation is 1. The van der Waals surface area contributed by atoms with Gasteiger partial charge >= 0.3 is 0 Å². The highest BCUT2D eigenvalue weighted by Crippen LogP contribution is 2.39. The first-order valence-corrected chi connectivity index (χ1v) is 15.8. The lowest BCUT2D eigenvalue weighted by Gasteiger charge is -2.38. The molecule has 4 aromatic rings. The number of amides is 1. The normalized spacial score (nSPS) is 16.9. The highest BCUT2D eigenvalue weighted by molar-refractivity contribution is 7.10. The van der Waals surface area contributed by atoms with E-state index in [0.717, 1.165) is 103 Å². The van der Waals surface area contributed by atoms with Gasteiger partial charge in [-0.05, 0) is 50.3 Å². The smallest absolute Gasteiger partial charge is 0.227 e. The number of rotatable bonds is 8. The van der Waals surface area contributed by atoms with Crippen LogP contribution in [0.3, 0.4) is 0 Å². The molecule has 2 saturated heterocycles. The van der Waals surface area contributed by atoms with E-state index in [9.17, 15) is 4.79 Å². The fraction of sp³-hybridized carbons (Fsp3) is 0.433. The van der Waals surface area contributed by atoms with E-state index in [1.54, 1.807) is 22.7 Å². The largest absolute Gasteiger partial charge is 0.379 e. The van der Waals surface area contributed by atoms with Crippen molar-refractivity contribution in [1.82, 2.24) is 20.0 Å². The second-order valence-corrected chi connectivity index (χ2v) is 12.2. The first kappa shape index (κ1) is 27.1. The Hall–Kier alpha value is -3.05. The minimum Gasteiger partial charge on any atom is -0.379 e. The summed E-state index contributed by atoms with van der Waals surface area (Å²) >= 11 is 3.35. The van der Waals surface area contributed by atoms with E-state index in [1.807, 2.05) is 29.3 Å². The summed E-state index contributed by atoms with van der Waals surface area (Å²) in [6.45, 7) is 9.84. The summed E-state index contributed by atoms with van der Waals surface area (Å²) in [7, 11) is 0. The van der Waals surface area contributed by atoms with Crippen molar-refractivity contribution in [2.75, 3.05) is 50.9 Å². The molecule has 0 N–H and O–H groups in total. The number of ether oxygens (including phenoxy) is 1. The van der Waals surface area contributed by atoms with Crippen LogP contribution in [0.4, 0.5) is 5.69 Å². The van der Waals surface area contributed by atoms with Crippen LogP contribution in [0.1, 0.15) is 41.3 Å². The molecule has 0 bridgehead atoms. The predicted molar refractivity (Wildman–Crippen MR) is 160 cm³/mol. The van der Waals surface area contributed by atoms with Gasteiger partial charge in [0.15, 0.2) is 0 Å². The minimum absolute atomic E-state index is 0.225. The third-order valence-corrected chi connectivity index (χ3v) is 9.67. The summed E-state index contributed by atoms with van der Waals surface area (Å²) in [6.07, 6.45) is 2.38. The van der Waals surface area contributed by atoms with Crippen LogP contribution in [-0.4, -0.2) is 71.9 Å². The lowest BCUT2D eigenvalue weighted by atomic mass is 9.97. The van der Waals surface area contributed by atoms with Crippen LogP contribution in [-0.2, 0) is 16.0 Å². The van der Waals surface area contributed by atoms with Crippen molar-refractivity contribution in [3.8, 4) is 22.5 Å². The number of piperidine rings is 1. The molecule has 2 fully saturated rings. The van der Waals surface area contributed by atoms with Crippen LogP contribution in [0, 0.1) is 6.92 Å². The van der Waals surface area contributed by atoms with Crippen molar-refractivity contribution in [2.24, 2.45) is 0 Å². The molecule has 210 valence electrons. The van der Waals surface area contributed by atoms with E-state index in [0.29, 0.717) is 12.3 Å². The van der Waals surface area contributed by atoms with Crippen LogP contribution in [0.15, 0.2) is 51.7 Å². The Morgan fingerprint density at radius 3 is 2.67 bits per heavy atom. The van der Waals surface area contributed by atoms with Gasteiger partial charge in [0, 0.05) is 54.5 Å². The third kappa shape index (κ3) is 5.72. The van der Waals surface area contributed by atoms with Crippen molar-refractivity contribution in [3.05, 3.63) is 62.8 Å². The maximum Gasteiger partial charge on any atom is 0.227 e. The zero-order chi connectivity index (χ0) is 27.5. The van der Waals surface area contributed by atoms with Crippen molar-refractivity contribution in [3.63, 3.8) is 0 Å². The summed E-state index contributed by atoms with van der Waals surface area (Å²) in [5.41, 5.74) is 4.84. The number of hydrogen-bond acceptors (Lipinski definition) is 9. The quantitative estimate of drug-likeness (QED) is 0.260. The number of likely N-dealkylation sites (tertiary alicyclic amines) is 1. The first-order chi connectivity index (χ1) is 19.6. The maximum atomic E-state index is 12.7. The van der Waals surface area contributed by atoms with Crippen molar-refractivity contribution in [1.29, 1.82) is 0 Å². The third-order valence-electron chi connectivity index (χ3n) is 7.79. The number of carbonyl (C=O) groups is 1. The van der Waals surface area contributed by atoms with Crippen molar-refractivity contribution >= 4 is 34.3 Å². The summed E-state index contributed by atoms with van der Waals surface area (Å²) < 4.78 is 11.3. The van der Waals surface area contributed by atoms with Gasteiger partial charge in [0.2, 0.25) is 5.91 Å². The standard InChI is InChI=1S/C30H35N5O3S2/c1-3-35(34-13-15-37-16-14-34)24-7-4-6-23(18-24)29-28(21(2)38-32-29)26-20-40-30(31-26)22-9-11-33(12-10-22)27(36)19-25-8-5-17-39-25/h4-8,17-18,20,22H,3,9-16,19H2,1-2H3. The summed E-state index contributed by atoms with van der Waals surface area (Å²) in [5.74, 6) is 1.36. The maximum absolute atomic E-state index is 12.7. The van der Waals surface area contributed by atoms with Crippen LogP contribution in [0.25, 0.3) is 22.5 Å². The van der Waals surface area contributed by atoms with Gasteiger partial charge in [-0.2, -0.15) is 0 Å². The molecule has 0 saturated carbocycles. The van der Waals surface area contributed by atoms with E-state index >= 15 is 0 Å². The van der Waals surface area contributed by atoms with Gasteiger partial charge < -0.3 is 19.2 Å². The van der Waals surface area contributed by atoms with E-state index < -0.39 is 0 Å². The van der Waals surface area contributed by atoms with E-state index in [1.165, 1.54) is 0 Å². The van der Waals surface area contributed by atoms with Crippen LogP contribution < -0.4 is 5.01 Å². The van der Waals surface area contributed by atoms with Crippen molar-refractivity contribution in [2.45, 2.75) is 39.0 Å². The monoisotopic (exact) mass is 577 g/mol. The Morgan fingerprint density at radius 2 is 1.93 bits per heavy atom. The number of aromatic nitrogens is 2. The number of benzene rings is 1. The molecule has 0 radical (unpaired) electrons. The highest BCUT2D eigenvalue weighted by atomic mass is 32.1. The summed E-state index contributed by atoms with van der Waals surface area (Å²) in [5, 5.41) is 14.4. The Morgan fingerprint density at radius 1 is 1.10 bits per heavy atom. The van der Waals surface area contributed by atoms with Gasteiger partial charge in [-0.1, -0.05) is 23.4 Å². The second-order valence-electron chi connectivity index (χ2n) is 10.3. The Bertz CT molecular complexity index is 1420. The number of morpholine rings is 1. The van der Waals surface area contributed by atoms with E-state index in [4.69, 9.17) is 14.2 Å². The average molecular weight is 578 g/mol. The molecule has 0 unspecified atom stereocenters. The highest BCUT2D eigenvalue weighted by Gasteiger charge is 2.27. The molecule has 10 heteroatoms. The molecule has 1 aromatic carbocycles. The Labute approximate surface area is 243 Å². The molecule has 2 aliphatic rings. The average Bonchev–Trinajstić information content (AvgIpc) is 3.76. The fourth-order valence-corrected chi connectivity index (χ4v) is 7.34. The zero-order valence-corrected chi connectivity index (χ0v) is 24.7. The van der Waals surface area contributed by atoms with Gasteiger partial charge in [-0.25, -0.2) is 9.99 Å². The number of nitrogens with zero attached hydrogens (tertiary/aromatic N) is 5. The van der Waals surface area contributed by atoms with Crippen molar-refractivity contribution < 1.29 is 14.1 Å². The number of hydrogen-bond donors (Lipinski definition) is 0. The van der Waals surface area contributed by atoms with Gasteiger partial charge in [0.1, 0.15) is 11.5 Å². The van der Waals surface area contributed by atoms with E-state index in [2.05, 4.69) is 51.7 Å². The fourth-order valence-electron chi connectivity index (χ4n) is 5.67. The molecule has 2 aliphatic heterocycles. The number of hydrazine groups is 1. The molecule has 6 rings (SSSR count). The molecule has 0 atom stereocenters. The SMILES string of the molecule is CCN(c1cccc(-c2noc(C)c2-c2csc(C3CCN(C(=O)Cc4cccs4)CC3)n2)c1)N1CCOCC1. The molecule has 1 amide bonds. The second kappa shape index (κ2) is 12.2. The first-order valence-electron chi connectivity index (χ1n) is 14.0. The van der Waals surface area contributed by atoms with Crippen LogP contribution >= 0.6 is 22.7 Å². The molecule has 40 heavy (non-hydrogen) atoms. The molecule has 8 nitrogen and oxygen atoms in total. The number of anilines is 1. The van der Waals surface area contributed by atoms with Gasteiger partial charge in [-0.15, -0.1) is 22.7 Å². The number of thiazole rings is 1. The Kier molecular flexibility index (Phi) is 8.29. The van der Waals surface area contributed by atoms with Gasteiger partial charge in [-0.3, -0.25) is 4.79 Å². The predicted octanol–water partition coefficient (Wildman–Crippen LogP) is 5.86. The molecule has 3 aromatic heterocycles. The lowest BCUT2D eigenvalue weighted by molar-refractivity contribution is -0.131.